The van der Waals surface area contributed by atoms with Gasteiger partial charge in [0.05, 0.1) is 0 Å². The van der Waals surface area contributed by atoms with Gasteiger partial charge in [-0.2, -0.15) is 0 Å². The van der Waals surface area contributed by atoms with Gasteiger partial charge < -0.3 is 4.90 Å². The summed E-state index contributed by atoms with van der Waals surface area (Å²) in [5, 5.41) is 0. The quantitative estimate of drug-likeness (QED) is 0.554. The first kappa shape index (κ1) is 15.1. The molecule has 0 radical (unpaired) electrons. The minimum atomic E-state index is 1.08. The molecule has 1 aliphatic rings. The molecular weight excluding hydrogens is 389 g/mol. The van der Waals surface area contributed by atoms with Crippen LogP contribution in [0.2, 0.25) is 0 Å². The average molecular weight is 407 g/mol. The van der Waals surface area contributed by atoms with Crippen molar-refractivity contribution in [3.05, 3.63) is 63.2 Å². The van der Waals surface area contributed by atoms with Crippen LogP contribution in [0.1, 0.15) is 17.5 Å². The highest BCUT2D eigenvalue weighted by atomic mass is 127. The highest BCUT2D eigenvalue weighted by molar-refractivity contribution is 14.1. The topological polar surface area (TPSA) is 3.24 Å². The smallest absolute Gasteiger partial charge is 0.0201 e. The zero-order valence-corrected chi connectivity index (χ0v) is 15.2. The van der Waals surface area contributed by atoms with Gasteiger partial charge in [-0.05, 0) is 84.1 Å². The third-order valence-corrected chi connectivity index (χ3v) is 5.38. The SMILES string of the molecule is CN(C)CC/C=C1\c2ccccc2Sc2ccc(I)cc21. The second-order valence-electron chi connectivity index (χ2n) is 5.45. The molecule has 0 unspecified atom stereocenters. The molecule has 1 heterocycles. The van der Waals surface area contributed by atoms with E-state index in [1.807, 2.05) is 11.8 Å². The molecular formula is C18H18INS. The van der Waals surface area contributed by atoms with Gasteiger partial charge in [0, 0.05) is 19.9 Å². The second kappa shape index (κ2) is 6.55. The van der Waals surface area contributed by atoms with Crippen LogP contribution in [-0.4, -0.2) is 25.5 Å². The Labute approximate surface area is 144 Å². The lowest BCUT2D eigenvalue weighted by atomic mass is 9.96. The normalized spacial score (nSPS) is 15.1. The van der Waals surface area contributed by atoms with E-state index in [0.29, 0.717) is 0 Å². The van der Waals surface area contributed by atoms with Crippen LogP contribution in [-0.2, 0) is 0 Å². The summed E-state index contributed by atoms with van der Waals surface area (Å²) in [4.78, 5) is 4.96. The van der Waals surface area contributed by atoms with Crippen LogP contribution in [0.15, 0.2) is 58.3 Å². The lowest BCUT2D eigenvalue weighted by molar-refractivity contribution is 0.417. The van der Waals surface area contributed by atoms with Crippen LogP contribution in [0.3, 0.4) is 0 Å². The molecule has 0 atom stereocenters. The first-order chi connectivity index (χ1) is 10.1. The van der Waals surface area contributed by atoms with E-state index in [1.54, 1.807) is 0 Å². The molecule has 108 valence electrons. The Hall–Kier alpha value is -0.780. The monoisotopic (exact) mass is 407 g/mol. The van der Waals surface area contributed by atoms with Gasteiger partial charge in [0.25, 0.3) is 0 Å². The highest BCUT2D eigenvalue weighted by Gasteiger charge is 2.20. The van der Waals surface area contributed by atoms with Crippen LogP contribution in [0.5, 0.6) is 0 Å². The van der Waals surface area contributed by atoms with Crippen molar-refractivity contribution in [3.8, 4) is 0 Å². The Morgan fingerprint density at radius 2 is 1.81 bits per heavy atom. The van der Waals surface area contributed by atoms with Crippen molar-refractivity contribution in [2.45, 2.75) is 16.2 Å². The minimum absolute atomic E-state index is 1.08. The van der Waals surface area contributed by atoms with Gasteiger partial charge in [0.2, 0.25) is 0 Å². The molecule has 3 rings (SSSR count). The lowest BCUT2D eigenvalue weighted by Gasteiger charge is -2.22. The van der Waals surface area contributed by atoms with Crippen molar-refractivity contribution in [2.24, 2.45) is 0 Å². The molecule has 21 heavy (non-hydrogen) atoms. The molecule has 0 aromatic heterocycles. The van der Waals surface area contributed by atoms with Gasteiger partial charge in [0.15, 0.2) is 0 Å². The van der Waals surface area contributed by atoms with Crippen LogP contribution < -0.4 is 0 Å². The highest BCUT2D eigenvalue weighted by Crippen LogP contribution is 2.45. The molecule has 0 saturated carbocycles. The molecule has 1 nitrogen and oxygen atoms in total. The third kappa shape index (κ3) is 3.35. The predicted molar refractivity (Wildman–Crippen MR) is 100.0 cm³/mol. The summed E-state index contributed by atoms with van der Waals surface area (Å²) in [5.41, 5.74) is 4.14. The molecule has 0 fully saturated rings. The van der Waals surface area contributed by atoms with Gasteiger partial charge in [-0.15, -0.1) is 0 Å². The number of fused-ring (bicyclic) bond motifs is 2. The van der Waals surface area contributed by atoms with E-state index in [4.69, 9.17) is 0 Å². The predicted octanol–water partition coefficient (Wildman–Crippen LogP) is 5.14. The van der Waals surface area contributed by atoms with E-state index in [0.717, 1.165) is 13.0 Å². The van der Waals surface area contributed by atoms with Crippen molar-refractivity contribution in [1.82, 2.24) is 4.90 Å². The minimum Gasteiger partial charge on any atom is -0.309 e. The summed E-state index contributed by atoms with van der Waals surface area (Å²) in [7, 11) is 4.25. The van der Waals surface area contributed by atoms with E-state index >= 15 is 0 Å². The number of halogens is 1. The van der Waals surface area contributed by atoms with Crippen molar-refractivity contribution >= 4 is 39.9 Å². The van der Waals surface area contributed by atoms with Gasteiger partial charge in [-0.1, -0.05) is 36.0 Å². The van der Waals surface area contributed by atoms with E-state index < -0.39 is 0 Å². The molecule has 0 amide bonds. The molecule has 0 N–H and O–H groups in total. The van der Waals surface area contributed by atoms with E-state index in [2.05, 4.69) is 90.1 Å². The fourth-order valence-corrected chi connectivity index (χ4v) is 4.11. The lowest BCUT2D eigenvalue weighted by Crippen LogP contribution is -2.12. The second-order valence-corrected chi connectivity index (χ2v) is 7.78. The Balaban J connectivity index is 2.06. The van der Waals surface area contributed by atoms with Crippen LogP contribution in [0, 0.1) is 3.57 Å². The molecule has 0 bridgehead atoms. The Kier molecular flexibility index (Phi) is 4.72. The largest absolute Gasteiger partial charge is 0.309 e. The molecule has 2 aromatic rings. The molecule has 1 aliphatic heterocycles. The number of hydrogen-bond donors (Lipinski definition) is 0. The van der Waals surface area contributed by atoms with Crippen molar-refractivity contribution in [2.75, 3.05) is 20.6 Å². The summed E-state index contributed by atoms with van der Waals surface area (Å²) in [5.74, 6) is 0. The van der Waals surface area contributed by atoms with Crippen molar-refractivity contribution in [3.63, 3.8) is 0 Å². The molecule has 0 spiro atoms. The first-order valence-electron chi connectivity index (χ1n) is 7.07. The fraction of sp³-hybridized carbons (Fsp3) is 0.222. The standard InChI is InChI=1S/C18H18INS/c1-20(2)11-5-7-14-15-6-3-4-8-17(15)21-18-10-9-13(19)12-16(14)18/h3-4,6-10,12H,5,11H2,1-2H3/b14-7+. The molecule has 0 aliphatic carbocycles. The summed E-state index contributed by atoms with van der Waals surface area (Å²) in [6.07, 6.45) is 3.47. The fourth-order valence-electron chi connectivity index (χ4n) is 2.53. The molecule has 0 saturated heterocycles. The summed E-state index contributed by atoms with van der Waals surface area (Å²) >= 11 is 4.28. The average Bonchev–Trinajstić information content (AvgIpc) is 2.46. The molecule has 2 aromatic carbocycles. The maximum atomic E-state index is 2.40. The zero-order valence-electron chi connectivity index (χ0n) is 12.3. The van der Waals surface area contributed by atoms with Gasteiger partial charge in [-0.25, -0.2) is 0 Å². The van der Waals surface area contributed by atoms with Gasteiger partial charge in [0.1, 0.15) is 0 Å². The summed E-state index contributed by atoms with van der Waals surface area (Å²) < 4.78 is 1.30. The van der Waals surface area contributed by atoms with Crippen LogP contribution in [0.25, 0.3) is 5.57 Å². The summed E-state index contributed by atoms with van der Waals surface area (Å²) in [6.45, 7) is 1.08. The van der Waals surface area contributed by atoms with Gasteiger partial charge in [-0.3, -0.25) is 0 Å². The number of hydrogen-bond acceptors (Lipinski definition) is 2. The van der Waals surface area contributed by atoms with E-state index in [1.165, 1.54) is 30.1 Å². The maximum absolute atomic E-state index is 2.40. The Bertz CT molecular complexity index is 691. The maximum Gasteiger partial charge on any atom is 0.0201 e. The number of rotatable bonds is 3. The Morgan fingerprint density at radius 3 is 2.62 bits per heavy atom. The first-order valence-corrected chi connectivity index (χ1v) is 8.97. The zero-order chi connectivity index (χ0) is 14.8. The number of nitrogens with zero attached hydrogens (tertiary/aromatic N) is 1. The van der Waals surface area contributed by atoms with E-state index in [-0.39, 0.29) is 0 Å². The van der Waals surface area contributed by atoms with Crippen molar-refractivity contribution < 1.29 is 0 Å². The van der Waals surface area contributed by atoms with Gasteiger partial charge >= 0.3 is 0 Å². The summed E-state index contributed by atoms with van der Waals surface area (Å²) in [6, 6.07) is 15.5. The third-order valence-electron chi connectivity index (χ3n) is 3.55. The van der Waals surface area contributed by atoms with Crippen LogP contribution in [0.4, 0.5) is 0 Å². The van der Waals surface area contributed by atoms with Crippen LogP contribution >= 0.6 is 34.4 Å². The van der Waals surface area contributed by atoms with Crippen molar-refractivity contribution in [1.29, 1.82) is 0 Å². The number of benzene rings is 2. The van der Waals surface area contributed by atoms with E-state index in [9.17, 15) is 0 Å². The Morgan fingerprint density at radius 1 is 1.05 bits per heavy atom. The molecule has 3 heteroatoms.